The molecule has 0 amide bonds. The van der Waals surface area contributed by atoms with Crippen molar-refractivity contribution < 1.29 is 19.0 Å². The third kappa shape index (κ3) is 3.84. The van der Waals surface area contributed by atoms with E-state index in [1.54, 1.807) is 12.1 Å². The Kier molecular flexibility index (Phi) is 5.56. The molecule has 0 radical (unpaired) electrons. The predicted octanol–water partition coefficient (Wildman–Crippen LogP) is 2.80. The van der Waals surface area contributed by atoms with Gasteiger partial charge < -0.3 is 15.5 Å². The van der Waals surface area contributed by atoms with Crippen molar-refractivity contribution in [3.05, 3.63) is 47.5 Å². The van der Waals surface area contributed by atoms with Crippen LogP contribution in [-0.4, -0.2) is 59.2 Å². The molecule has 1 fully saturated rings. The SMILES string of the molecule is CCCSc1nc(N[C@@H]2C[C@H]2c2ccc(F)c(F)c2)c2nnn([C@@H]3C=C[C@@H](O)[C@H]3O)c2n1. The molecule has 0 spiro atoms. The van der Waals surface area contributed by atoms with Gasteiger partial charge in [0.1, 0.15) is 18.2 Å². The van der Waals surface area contributed by atoms with E-state index in [0.717, 1.165) is 30.2 Å². The van der Waals surface area contributed by atoms with Crippen molar-refractivity contribution >= 4 is 28.7 Å². The number of rotatable bonds is 7. The molecular weight excluding hydrogens is 438 g/mol. The minimum atomic E-state index is -1.04. The lowest BCUT2D eigenvalue weighted by Gasteiger charge is -2.17. The lowest BCUT2D eigenvalue weighted by Crippen LogP contribution is -2.28. The first-order chi connectivity index (χ1) is 15.5. The smallest absolute Gasteiger partial charge is 0.191 e. The van der Waals surface area contributed by atoms with Gasteiger partial charge in [0.15, 0.2) is 33.8 Å². The molecule has 1 aromatic carbocycles. The Balaban J connectivity index is 1.45. The summed E-state index contributed by atoms with van der Waals surface area (Å²) in [5.74, 6) is -0.348. The van der Waals surface area contributed by atoms with Crippen LogP contribution in [0, 0.1) is 11.6 Å². The fraction of sp³-hybridized carbons (Fsp3) is 0.429. The molecule has 2 aliphatic carbocycles. The van der Waals surface area contributed by atoms with Gasteiger partial charge in [-0.3, -0.25) is 0 Å². The van der Waals surface area contributed by atoms with Gasteiger partial charge in [0, 0.05) is 17.7 Å². The molecule has 2 heterocycles. The van der Waals surface area contributed by atoms with E-state index in [0.29, 0.717) is 22.1 Å². The van der Waals surface area contributed by atoms with Gasteiger partial charge in [-0.15, -0.1) is 5.10 Å². The lowest BCUT2D eigenvalue weighted by molar-refractivity contribution is 0.0345. The number of hydrogen-bond donors (Lipinski definition) is 3. The number of nitrogens with zero attached hydrogens (tertiary/aromatic N) is 5. The second kappa shape index (κ2) is 8.38. The van der Waals surface area contributed by atoms with E-state index >= 15 is 0 Å². The summed E-state index contributed by atoms with van der Waals surface area (Å²) in [6, 6.07) is 3.37. The number of thioether (sulfide) groups is 1. The van der Waals surface area contributed by atoms with Gasteiger partial charge in [-0.1, -0.05) is 42.1 Å². The fourth-order valence-corrected chi connectivity index (χ4v) is 4.59. The monoisotopic (exact) mass is 460 g/mol. The number of hydrogen-bond acceptors (Lipinski definition) is 8. The number of halogens is 2. The standard InChI is InChI=1S/C21H22F2N6O2S/c1-2-7-32-21-25-19(24-14-9-11(14)10-3-4-12(22)13(23)8-10)17-20(26-21)29(28-27-17)15-5-6-16(30)18(15)31/h3-6,8,11,14-16,18,30-31H,2,7,9H2,1H3,(H,24,25,26)/t11-,14+,15+,16+,18-/m0/s1. The molecule has 8 nitrogen and oxygen atoms in total. The molecule has 2 aromatic heterocycles. The molecule has 5 rings (SSSR count). The molecule has 11 heteroatoms. The summed E-state index contributed by atoms with van der Waals surface area (Å²) in [6.45, 7) is 2.06. The highest BCUT2D eigenvalue weighted by atomic mass is 32.2. The summed E-state index contributed by atoms with van der Waals surface area (Å²) in [4.78, 5) is 9.21. The van der Waals surface area contributed by atoms with Gasteiger partial charge in [0.2, 0.25) is 0 Å². The van der Waals surface area contributed by atoms with Crippen LogP contribution in [0.4, 0.5) is 14.6 Å². The first kappa shape index (κ1) is 21.2. The highest BCUT2D eigenvalue weighted by Crippen LogP contribution is 2.43. The quantitative estimate of drug-likeness (QED) is 0.281. The summed E-state index contributed by atoms with van der Waals surface area (Å²) < 4.78 is 28.4. The van der Waals surface area contributed by atoms with Crippen LogP contribution in [0.3, 0.4) is 0 Å². The van der Waals surface area contributed by atoms with Crippen LogP contribution in [-0.2, 0) is 0 Å². The van der Waals surface area contributed by atoms with E-state index in [-0.39, 0.29) is 12.0 Å². The lowest BCUT2D eigenvalue weighted by atomic mass is 10.1. The Morgan fingerprint density at radius 1 is 1.19 bits per heavy atom. The molecule has 5 atom stereocenters. The highest BCUT2D eigenvalue weighted by Gasteiger charge is 2.40. The van der Waals surface area contributed by atoms with Crippen LogP contribution in [0.1, 0.15) is 37.3 Å². The van der Waals surface area contributed by atoms with Crippen LogP contribution >= 0.6 is 11.8 Å². The molecule has 2 aliphatic rings. The molecule has 0 bridgehead atoms. The largest absolute Gasteiger partial charge is 0.387 e. The van der Waals surface area contributed by atoms with E-state index in [1.807, 2.05) is 0 Å². The van der Waals surface area contributed by atoms with Gasteiger partial charge in [-0.05, 0) is 30.5 Å². The van der Waals surface area contributed by atoms with E-state index in [4.69, 9.17) is 0 Å². The molecule has 0 saturated heterocycles. The van der Waals surface area contributed by atoms with Crippen molar-refractivity contribution in [2.75, 3.05) is 11.1 Å². The van der Waals surface area contributed by atoms with E-state index in [2.05, 4.69) is 32.5 Å². The Morgan fingerprint density at radius 2 is 2.03 bits per heavy atom. The summed E-state index contributed by atoms with van der Waals surface area (Å²) >= 11 is 1.50. The minimum absolute atomic E-state index is 0.00840. The molecule has 1 saturated carbocycles. The van der Waals surface area contributed by atoms with Crippen molar-refractivity contribution in [3.63, 3.8) is 0 Å². The van der Waals surface area contributed by atoms with Gasteiger partial charge >= 0.3 is 0 Å². The predicted molar refractivity (Wildman–Crippen MR) is 115 cm³/mol. The maximum atomic E-state index is 13.6. The van der Waals surface area contributed by atoms with Crippen LogP contribution in [0.2, 0.25) is 0 Å². The molecule has 3 N–H and O–H groups in total. The van der Waals surface area contributed by atoms with Gasteiger partial charge in [0.25, 0.3) is 0 Å². The molecular formula is C21H22F2N6O2S. The van der Waals surface area contributed by atoms with Crippen molar-refractivity contribution in [2.24, 2.45) is 0 Å². The van der Waals surface area contributed by atoms with E-state index in [1.165, 1.54) is 28.6 Å². The minimum Gasteiger partial charge on any atom is -0.387 e. The maximum Gasteiger partial charge on any atom is 0.191 e. The zero-order valence-corrected chi connectivity index (χ0v) is 18.0. The topological polar surface area (TPSA) is 109 Å². The Hall–Kier alpha value is -2.63. The molecule has 3 aromatic rings. The molecule has 0 unspecified atom stereocenters. The highest BCUT2D eigenvalue weighted by molar-refractivity contribution is 7.99. The number of fused-ring (bicyclic) bond motifs is 1. The van der Waals surface area contributed by atoms with Crippen molar-refractivity contribution in [2.45, 2.75) is 55.1 Å². The molecule has 168 valence electrons. The van der Waals surface area contributed by atoms with Crippen molar-refractivity contribution in [1.82, 2.24) is 25.0 Å². The number of nitrogens with one attached hydrogen (secondary N) is 1. The van der Waals surface area contributed by atoms with Gasteiger partial charge in [0.05, 0.1) is 0 Å². The number of benzene rings is 1. The zero-order valence-electron chi connectivity index (χ0n) is 17.2. The van der Waals surface area contributed by atoms with Crippen molar-refractivity contribution in [1.29, 1.82) is 0 Å². The number of aliphatic hydroxyl groups excluding tert-OH is 2. The summed E-state index contributed by atoms with van der Waals surface area (Å²) in [7, 11) is 0. The summed E-state index contributed by atoms with van der Waals surface area (Å²) in [6.07, 6.45) is 2.88. The van der Waals surface area contributed by atoms with Crippen LogP contribution in [0.5, 0.6) is 0 Å². The second-order valence-corrected chi connectivity index (χ2v) is 9.09. The first-order valence-electron chi connectivity index (χ1n) is 10.5. The number of aromatic nitrogens is 5. The van der Waals surface area contributed by atoms with Gasteiger partial charge in [-0.2, -0.15) is 0 Å². The van der Waals surface area contributed by atoms with Crippen molar-refractivity contribution in [3.8, 4) is 0 Å². The third-order valence-corrected chi connectivity index (χ3v) is 6.76. The third-order valence-electron chi connectivity index (χ3n) is 5.71. The normalized spacial score (nSPS) is 26.7. The zero-order chi connectivity index (χ0) is 22.4. The Bertz CT molecular complexity index is 1190. The summed E-state index contributed by atoms with van der Waals surface area (Å²) in [5.41, 5.74) is 1.63. The summed E-state index contributed by atoms with van der Waals surface area (Å²) in [5, 5.41) is 32.5. The van der Waals surface area contributed by atoms with Crippen LogP contribution in [0.25, 0.3) is 11.2 Å². The molecule has 32 heavy (non-hydrogen) atoms. The maximum absolute atomic E-state index is 13.6. The first-order valence-corrected chi connectivity index (χ1v) is 11.5. The molecule has 0 aliphatic heterocycles. The average molecular weight is 461 g/mol. The second-order valence-electron chi connectivity index (χ2n) is 8.03. The Labute approximate surface area is 186 Å². The number of anilines is 1. The van der Waals surface area contributed by atoms with E-state index < -0.39 is 29.9 Å². The Morgan fingerprint density at radius 3 is 2.75 bits per heavy atom. The van der Waals surface area contributed by atoms with Crippen LogP contribution in [0.15, 0.2) is 35.5 Å². The van der Waals surface area contributed by atoms with Crippen LogP contribution < -0.4 is 5.32 Å². The number of aliphatic hydroxyl groups is 2. The van der Waals surface area contributed by atoms with Gasteiger partial charge in [-0.25, -0.2) is 23.4 Å². The fourth-order valence-electron chi connectivity index (χ4n) is 3.89. The van der Waals surface area contributed by atoms with E-state index in [9.17, 15) is 19.0 Å². The average Bonchev–Trinajstić information content (AvgIpc) is 3.29.